The summed E-state index contributed by atoms with van der Waals surface area (Å²) in [6, 6.07) is 9.26. The number of amides is 1. The van der Waals surface area contributed by atoms with Crippen molar-refractivity contribution in [2.75, 3.05) is 30.9 Å². The van der Waals surface area contributed by atoms with Crippen LogP contribution in [0.4, 0.5) is 17.1 Å². The topological polar surface area (TPSA) is 89.2 Å². The number of ether oxygens (including phenoxy) is 1. The number of fused-ring (bicyclic) bond motifs is 4. The van der Waals surface area contributed by atoms with Crippen molar-refractivity contribution in [2.45, 2.75) is 39.0 Å². The van der Waals surface area contributed by atoms with Gasteiger partial charge in [0.15, 0.2) is 0 Å². The number of carbonyl (C=O) groups excluding carboxylic acids is 1. The molecule has 4 heterocycles. The molecule has 10 heteroatoms. The molecule has 2 N–H and O–H groups in total. The third-order valence-electron chi connectivity index (χ3n) is 6.73. The van der Waals surface area contributed by atoms with Crippen LogP contribution in [0.25, 0.3) is 22.3 Å². The van der Waals surface area contributed by atoms with Crippen LogP contribution < -0.4 is 15.5 Å². The quantitative estimate of drug-likeness (QED) is 0.258. The van der Waals surface area contributed by atoms with E-state index in [0.29, 0.717) is 12.3 Å². The van der Waals surface area contributed by atoms with Gasteiger partial charge in [-0.05, 0) is 18.2 Å². The summed E-state index contributed by atoms with van der Waals surface area (Å²) in [5.74, 6) is -0.193. The van der Waals surface area contributed by atoms with Crippen LogP contribution in [0.2, 0.25) is 25.7 Å². The first kappa shape index (κ1) is 25.0. The highest BCUT2D eigenvalue weighted by atomic mass is 28.3. The fourth-order valence-electron chi connectivity index (χ4n) is 4.82. The predicted octanol–water partition coefficient (Wildman–Crippen LogP) is 4.80. The van der Waals surface area contributed by atoms with Gasteiger partial charge in [0.1, 0.15) is 12.4 Å². The van der Waals surface area contributed by atoms with Crippen molar-refractivity contribution in [3.8, 4) is 11.3 Å². The smallest absolute Gasteiger partial charge is 0.254 e. The van der Waals surface area contributed by atoms with Gasteiger partial charge in [0, 0.05) is 77.5 Å². The van der Waals surface area contributed by atoms with Crippen molar-refractivity contribution in [3.05, 3.63) is 54.0 Å². The van der Waals surface area contributed by atoms with Crippen molar-refractivity contribution in [1.82, 2.24) is 24.6 Å². The number of aromatic nitrogens is 4. The van der Waals surface area contributed by atoms with Gasteiger partial charge in [0.2, 0.25) is 0 Å². The Morgan fingerprint density at radius 3 is 2.76 bits per heavy atom. The van der Waals surface area contributed by atoms with Crippen molar-refractivity contribution in [3.63, 3.8) is 0 Å². The fourth-order valence-corrected chi connectivity index (χ4v) is 5.58. The van der Waals surface area contributed by atoms with Crippen LogP contribution >= 0.6 is 0 Å². The van der Waals surface area contributed by atoms with E-state index in [1.807, 2.05) is 40.7 Å². The van der Waals surface area contributed by atoms with Crippen molar-refractivity contribution in [1.29, 1.82) is 0 Å². The number of carbonyl (C=O) groups is 1. The van der Waals surface area contributed by atoms with Gasteiger partial charge in [0.05, 0.1) is 28.3 Å². The van der Waals surface area contributed by atoms with Crippen LogP contribution in [-0.2, 0) is 25.1 Å². The summed E-state index contributed by atoms with van der Waals surface area (Å²) in [5.41, 5.74) is 7.19. The molecule has 0 aliphatic carbocycles. The first-order chi connectivity index (χ1) is 17.7. The first-order valence-electron chi connectivity index (χ1n) is 12.6. The van der Waals surface area contributed by atoms with E-state index >= 15 is 0 Å². The molecule has 0 radical (unpaired) electrons. The molecular weight excluding hydrogens is 482 g/mol. The van der Waals surface area contributed by atoms with Gasteiger partial charge in [-0.3, -0.25) is 9.48 Å². The van der Waals surface area contributed by atoms with E-state index in [1.165, 1.54) is 5.56 Å². The highest BCUT2D eigenvalue weighted by Crippen LogP contribution is 2.44. The van der Waals surface area contributed by atoms with E-state index in [9.17, 15) is 4.79 Å². The zero-order chi connectivity index (χ0) is 26.3. The van der Waals surface area contributed by atoms with E-state index in [2.05, 4.69) is 59.5 Å². The number of hydrogen-bond acceptors (Lipinski definition) is 6. The lowest BCUT2D eigenvalue weighted by Crippen LogP contribution is -2.23. The van der Waals surface area contributed by atoms with Crippen molar-refractivity contribution in [2.24, 2.45) is 7.05 Å². The van der Waals surface area contributed by atoms with Crippen LogP contribution in [0.15, 0.2) is 42.9 Å². The number of rotatable bonds is 8. The van der Waals surface area contributed by atoms with Crippen LogP contribution in [0, 0.1) is 0 Å². The standard InChI is InChI=1S/C27H35N7O2Si/c1-28-27(35)21-14-29-26-20(10-11-34(26)17-36-12-13-37(4,5)6)24(21)30-22-9-7-8-19-23-18(16-33(3)31-23)15-32(2)25(19)22/h7-11,14,16H,12-13,15,17H2,1-6H3,(H,28,35)(H,29,30). The number of pyridine rings is 1. The molecule has 1 aliphatic rings. The summed E-state index contributed by atoms with van der Waals surface area (Å²) >= 11 is 0. The van der Waals surface area contributed by atoms with E-state index < -0.39 is 8.07 Å². The molecule has 194 valence electrons. The maximum absolute atomic E-state index is 12.9. The number of anilines is 3. The minimum atomic E-state index is -1.16. The molecule has 0 saturated heterocycles. The summed E-state index contributed by atoms with van der Waals surface area (Å²) < 4.78 is 9.84. The van der Waals surface area contributed by atoms with E-state index in [-0.39, 0.29) is 5.91 Å². The predicted molar refractivity (Wildman–Crippen MR) is 151 cm³/mol. The Balaban J connectivity index is 1.54. The minimum Gasteiger partial charge on any atom is -0.368 e. The SMILES string of the molecule is CNC(=O)c1cnc2c(ccn2COCC[Si](C)(C)C)c1Nc1cccc2c1N(C)Cc1cn(C)nc1-2. The van der Waals surface area contributed by atoms with Gasteiger partial charge < -0.3 is 24.8 Å². The summed E-state index contributed by atoms with van der Waals surface area (Å²) in [4.78, 5) is 19.7. The molecule has 1 aliphatic heterocycles. The third kappa shape index (κ3) is 4.86. The highest BCUT2D eigenvalue weighted by molar-refractivity contribution is 6.76. The molecule has 5 rings (SSSR count). The Labute approximate surface area is 218 Å². The van der Waals surface area contributed by atoms with Gasteiger partial charge in [-0.1, -0.05) is 31.8 Å². The first-order valence-corrected chi connectivity index (χ1v) is 16.3. The summed E-state index contributed by atoms with van der Waals surface area (Å²) in [6.07, 6.45) is 5.68. The van der Waals surface area contributed by atoms with Crippen molar-refractivity contribution >= 4 is 42.1 Å². The Bertz CT molecular complexity index is 1470. The second-order valence-corrected chi connectivity index (χ2v) is 16.5. The lowest BCUT2D eigenvalue weighted by atomic mass is 9.99. The van der Waals surface area contributed by atoms with Gasteiger partial charge >= 0.3 is 0 Å². The lowest BCUT2D eigenvalue weighted by Gasteiger charge is -2.29. The average molecular weight is 518 g/mol. The van der Waals surface area contributed by atoms with Crippen LogP contribution in [-0.4, -0.2) is 54.0 Å². The molecule has 0 fully saturated rings. The molecule has 0 atom stereocenters. The molecule has 0 unspecified atom stereocenters. The maximum atomic E-state index is 12.9. The highest BCUT2D eigenvalue weighted by Gasteiger charge is 2.26. The summed E-state index contributed by atoms with van der Waals surface area (Å²) in [5, 5.41) is 11.9. The summed E-state index contributed by atoms with van der Waals surface area (Å²) in [6.45, 7) is 8.94. The Kier molecular flexibility index (Phi) is 6.55. The monoisotopic (exact) mass is 517 g/mol. The number of para-hydroxylation sites is 1. The Morgan fingerprint density at radius 1 is 1.19 bits per heavy atom. The number of nitrogens with one attached hydrogen (secondary N) is 2. The second kappa shape index (κ2) is 9.68. The normalized spacial score (nSPS) is 13.0. The number of aryl methyl sites for hydroxylation is 1. The van der Waals surface area contributed by atoms with Gasteiger partial charge in [-0.2, -0.15) is 5.10 Å². The van der Waals surface area contributed by atoms with Crippen LogP contribution in [0.5, 0.6) is 0 Å². The third-order valence-corrected chi connectivity index (χ3v) is 8.44. The van der Waals surface area contributed by atoms with E-state index in [0.717, 1.165) is 58.5 Å². The van der Waals surface area contributed by atoms with Crippen LogP contribution in [0.1, 0.15) is 15.9 Å². The molecule has 37 heavy (non-hydrogen) atoms. The molecule has 3 aromatic heterocycles. The van der Waals surface area contributed by atoms with Crippen LogP contribution in [0.3, 0.4) is 0 Å². The lowest BCUT2D eigenvalue weighted by molar-refractivity contribution is 0.0899. The van der Waals surface area contributed by atoms with Gasteiger partial charge in [0.25, 0.3) is 5.91 Å². The second-order valence-electron chi connectivity index (χ2n) is 10.9. The molecule has 1 aromatic carbocycles. The number of nitrogens with zero attached hydrogens (tertiary/aromatic N) is 5. The zero-order valence-electron chi connectivity index (χ0n) is 22.4. The largest absolute Gasteiger partial charge is 0.368 e. The zero-order valence-corrected chi connectivity index (χ0v) is 23.4. The molecular formula is C27H35N7O2Si. The molecule has 4 aromatic rings. The molecule has 9 nitrogen and oxygen atoms in total. The Morgan fingerprint density at radius 2 is 2.00 bits per heavy atom. The van der Waals surface area contributed by atoms with E-state index in [1.54, 1.807) is 13.2 Å². The number of benzene rings is 1. The number of hydrogen-bond donors (Lipinski definition) is 2. The fraction of sp³-hybridized carbons (Fsp3) is 0.370. The molecule has 0 bridgehead atoms. The molecule has 0 saturated carbocycles. The van der Waals surface area contributed by atoms with E-state index in [4.69, 9.17) is 9.84 Å². The molecule has 1 amide bonds. The summed E-state index contributed by atoms with van der Waals surface area (Å²) in [7, 11) is 4.50. The van der Waals surface area contributed by atoms with Gasteiger partial charge in [-0.25, -0.2) is 4.98 Å². The van der Waals surface area contributed by atoms with Crippen molar-refractivity contribution < 1.29 is 9.53 Å². The maximum Gasteiger partial charge on any atom is 0.254 e. The van der Waals surface area contributed by atoms with Gasteiger partial charge in [-0.15, -0.1) is 0 Å². The average Bonchev–Trinajstić information content (AvgIpc) is 3.44. The Hall–Kier alpha value is -3.63. The molecule has 0 spiro atoms. The minimum absolute atomic E-state index is 0.193.